The Bertz CT molecular complexity index is 172. The summed E-state index contributed by atoms with van der Waals surface area (Å²) >= 11 is 0. The van der Waals surface area contributed by atoms with Gasteiger partial charge in [0.1, 0.15) is 5.84 Å². The molecule has 4 nitrogen and oxygen atoms in total. The molecule has 0 saturated carbocycles. The minimum atomic E-state index is 0.0292. The third-order valence-electron chi connectivity index (χ3n) is 2.57. The second kappa shape index (κ2) is 3.87. The maximum Gasteiger partial charge on any atom is 0.108 e. The Hall–Kier alpha value is -0.610. The number of amidine groups is 1. The smallest absolute Gasteiger partial charge is 0.108 e. The number of aliphatic hydroxyl groups is 1. The van der Waals surface area contributed by atoms with E-state index in [2.05, 4.69) is 4.90 Å². The van der Waals surface area contributed by atoms with E-state index in [1.807, 2.05) is 6.92 Å². The fourth-order valence-corrected chi connectivity index (χ4v) is 1.56. The van der Waals surface area contributed by atoms with E-state index in [1.54, 1.807) is 0 Å². The second-order valence-electron chi connectivity index (χ2n) is 3.46. The van der Waals surface area contributed by atoms with Crippen molar-refractivity contribution < 1.29 is 5.11 Å². The van der Waals surface area contributed by atoms with Crippen LogP contribution in [-0.2, 0) is 0 Å². The van der Waals surface area contributed by atoms with Gasteiger partial charge in [-0.1, -0.05) is 0 Å². The van der Waals surface area contributed by atoms with Gasteiger partial charge < -0.3 is 10.8 Å². The molecule has 1 aliphatic rings. The predicted molar refractivity (Wildman–Crippen MR) is 48.1 cm³/mol. The van der Waals surface area contributed by atoms with E-state index in [0.29, 0.717) is 5.92 Å². The lowest BCUT2D eigenvalue weighted by molar-refractivity contribution is 0.217. The Labute approximate surface area is 72.9 Å². The summed E-state index contributed by atoms with van der Waals surface area (Å²) in [4.78, 5) is 2.14. The Morgan fingerprint density at radius 1 is 1.83 bits per heavy atom. The van der Waals surface area contributed by atoms with Crippen molar-refractivity contribution in [1.29, 1.82) is 5.41 Å². The molecule has 70 valence electrons. The van der Waals surface area contributed by atoms with Crippen LogP contribution in [-0.4, -0.2) is 41.6 Å². The van der Waals surface area contributed by atoms with Gasteiger partial charge in [-0.15, -0.1) is 0 Å². The standard InChI is InChI=1S/C8H17N3O/c1-6(8(9)10)11-3-2-7(4-11)5-12/h6-7,12H,2-5H2,1H3,(H3,9,10). The van der Waals surface area contributed by atoms with Gasteiger partial charge in [0.05, 0.1) is 6.04 Å². The average Bonchev–Trinajstić information content (AvgIpc) is 2.50. The van der Waals surface area contributed by atoms with E-state index in [4.69, 9.17) is 16.2 Å². The normalized spacial score (nSPS) is 27.3. The summed E-state index contributed by atoms with van der Waals surface area (Å²) in [6, 6.07) is 0.0292. The zero-order chi connectivity index (χ0) is 9.14. The predicted octanol–water partition coefficient (Wildman–Crippen LogP) is -0.375. The van der Waals surface area contributed by atoms with Crippen molar-refractivity contribution in [2.75, 3.05) is 19.7 Å². The first-order valence-electron chi connectivity index (χ1n) is 4.34. The van der Waals surface area contributed by atoms with Crippen molar-refractivity contribution in [3.8, 4) is 0 Å². The van der Waals surface area contributed by atoms with E-state index < -0.39 is 0 Å². The molecule has 1 heterocycles. The van der Waals surface area contributed by atoms with Crippen LogP contribution in [0.4, 0.5) is 0 Å². The van der Waals surface area contributed by atoms with Crippen LogP contribution < -0.4 is 5.73 Å². The van der Waals surface area contributed by atoms with Crippen molar-refractivity contribution >= 4 is 5.84 Å². The molecular formula is C8H17N3O. The molecule has 0 radical (unpaired) electrons. The molecule has 0 amide bonds. The van der Waals surface area contributed by atoms with Gasteiger partial charge in [0.2, 0.25) is 0 Å². The van der Waals surface area contributed by atoms with Crippen molar-refractivity contribution in [3.05, 3.63) is 0 Å². The number of nitrogens with two attached hydrogens (primary N) is 1. The molecule has 0 bridgehead atoms. The highest BCUT2D eigenvalue weighted by atomic mass is 16.3. The van der Waals surface area contributed by atoms with Crippen LogP contribution in [0.25, 0.3) is 0 Å². The number of aliphatic hydroxyl groups excluding tert-OH is 1. The molecule has 4 N–H and O–H groups in total. The summed E-state index contributed by atoms with van der Waals surface area (Å²) in [5, 5.41) is 16.2. The summed E-state index contributed by atoms with van der Waals surface area (Å²) in [7, 11) is 0. The van der Waals surface area contributed by atoms with E-state index in [-0.39, 0.29) is 18.5 Å². The van der Waals surface area contributed by atoms with Crippen LogP contribution in [0, 0.1) is 11.3 Å². The lowest BCUT2D eigenvalue weighted by atomic mass is 10.1. The summed E-state index contributed by atoms with van der Waals surface area (Å²) in [5.41, 5.74) is 5.38. The molecule has 1 saturated heterocycles. The van der Waals surface area contributed by atoms with Gasteiger partial charge in [0, 0.05) is 13.2 Å². The highest BCUT2D eigenvalue weighted by Crippen LogP contribution is 2.17. The molecule has 2 atom stereocenters. The van der Waals surface area contributed by atoms with Crippen molar-refractivity contribution in [1.82, 2.24) is 4.90 Å². The minimum Gasteiger partial charge on any atom is -0.396 e. The topological polar surface area (TPSA) is 73.3 Å². The fraction of sp³-hybridized carbons (Fsp3) is 0.875. The van der Waals surface area contributed by atoms with Gasteiger partial charge in [0.15, 0.2) is 0 Å². The summed E-state index contributed by atoms with van der Waals surface area (Å²) < 4.78 is 0. The van der Waals surface area contributed by atoms with Crippen molar-refractivity contribution in [2.24, 2.45) is 11.7 Å². The maximum atomic E-state index is 8.89. The van der Waals surface area contributed by atoms with Crippen LogP contribution in [0.3, 0.4) is 0 Å². The minimum absolute atomic E-state index is 0.0292. The molecular weight excluding hydrogens is 154 g/mol. The summed E-state index contributed by atoms with van der Waals surface area (Å²) in [6.45, 7) is 4.01. The van der Waals surface area contributed by atoms with Gasteiger partial charge in [-0.05, 0) is 25.8 Å². The van der Waals surface area contributed by atoms with E-state index >= 15 is 0 Å². The van der Waals surface area contributed by atoms with Gasteiger partial charge in [-0.2, -0.15) is 0 Å². The zero-order valence-electron chi connectivity index (χ0n) is 7.45. The molecule has 2 unspecified atom stereocenters. The number of nitrogens with one attached hydrogen (secondary N) is 1. The summed E-state index contributed by atoms with van der Waals surface area (Å²) in [6.07, 6.45) is 1.02. The molecule has 1 fully saturated rings. The quantitative estimate of drug-likeness (QED) is 0.400. The van der Waals surface area contributed by atoms with Gasteiger partial charge in [-0.25, -0.2) is 0 Å². The molecule has 0 spiro atoms. The highest BCUT2D eigenvalue weighted by molar-refractivity contribution is 5.82. The van der Waals surface area contributed by atoms with E-state index in [0.717, 1.165) is 19.5 Å². The first kappa shape index (κ1) is 9.48. The number of likely N-dealkylation sites (tertiary alicyclic amines) is 1. The lowest BCUT2D eigenvalue weighted by Crippen LogP contribution is -2.41. The molecule has 0 aromatic rings. The Morgan fingerprint density at radius 3 is 2.92 bits per heavy atom. The first-order valence-corrected chi connectivity index (χ1v) is 4.34. The third-order valence-corrected chi connectivity index (χ3v) is 2.57. The van der Waals surface area contributed by atoms with Crippen LogP contribution in [0.2, 0.25) is 0 Å². The van der Waals surface area contributed by atoms with Crippen LogP contribution in [0.5, 0.6) is 0 Å². The SMILES string of the molecule is CC(C(=N)N)N1CCC(CO)C1. The molecule has 4 heteroatoms. The second-order valence-corrected chi connectivity index (χ2v) is 3.46. The molecule has 0 aromatic carbocycles. The van der Waals surface area contributed by atoms with Gasteiger partial charge in [0.25, 0.3) is 0 Å². The number of rotatable bonds is 3. The van der Waals surface area contributed by atoms with E-state index in [9.17, 15) is 0 Å². The average molecular weight is 171 g/mol. The lowest BCUT2D eigenvalue weighted by Gasteiger charge is -2.22. The molecule has 1 rings (SSSR count). The van der Waals surface area contributed by atoms with Crippen LogP contribution >= 0.6 is 0 Å². The molecule has 1 aliphatic heterocycles. The molecule has 0 aliphatic carbocycles. The van der Waals surface area contributed by atoms with Crippen molar-refractivity contribution in [3.63, 3.8) is 0 Å². The first-order chi connectivity index (χ1) is 5.65. The largest absolute Gasteiger partial charge is 0.396 e. The Balaban J connectivity index is 2.41. The molecule has 0 aromatic heterocycles. The Kier molecular flexibility index (Phi) is 3.05. The number of hydrogen-bond acceptors (Lipinski definition) is 3. The summed E-state index contributed by atoms with van der Waals surface area (Å²) in [5.74, 6) is 0.598. The number of nitrogens with zero attached hydrogens (tertiary/aromatic N) is 1. The molecule has 12 heavy (non-hydrogen) atoms. The van der Waals surface area contributed by atoms with Crippen molar-refractivity contribution in [2.45, 2.75) is 19.4 Å². The third kappa shape index (κ3) is 1.95. The number of hydrogen-bond donors (Lipinski definition) is 3. The highest BCUT2D eigenvalue weighted by Gasteiger charge is 2.26. The van der Waals surface area contributed by atoms with Crippen LogP contribution in [0.1, 0.15) is 13.3 Å². The zero-order valence-corrected chi connectivity index (χ0v) is 7.45. The van der Waals surface area contributed by atoms with Gasteiger partial charge >= 0.3 is 0 Å². The van der Waals surface area contributed by atoms with Gasteiger partial charge in [-0.3, -0.25) is 10.3 Å². The maximum absolute atomic E-state index is 8.89. The monoisotopic (exact) mass is 171 g/mol. The Morgan fingerprint density at radius 2 is 2.50 bits per heavy atom. The van der Waals surface area contributed by atoms with Crippen LogP contribution in [0.15, 0.2) is 0 Å². The van der Waals surface area contributed by atoms with E-state index in [1.165, 1.54) is 0 Å². The fourth-order valence-electron chi connectivity index (χ4n) is 1.56.